The number of benzene rings is 1. The first-order chi connectivity index (χ1) is 10.8. The van der Waals surface area contributed by atoms with E-state index in [4.69, 9.17) is 5.73 Å². The molecule has 1 fully saturated rings. The van der Waals surface area contributed by atoms with E-state index in [9.17, 15) is 4.79 Å². The lowest BCUT2D eigenvalue weighted by atomic mass is 9.99. The maximum atomic E-state index is 12.7. The topological polar surface area (TPSA) is 59.2 Å². The monoisotopic (exact) mass is 387 g/mol. The van der Waals surface area contributed by atoms with Gasteiger partial charge in [0.2, 0.25) is 5.91 Å². The Labute approximate surface area is 159 Å². The van der Waals surface area contributed by atoms with E-state index >= 15 is 0 Å². The maximum absolute atomic E-state index is 12.7. The van der Waals surface area contributed by atoms with Crippen LogP contribution in [0.4, 0.5) is 0 Å². The second-order valence-electron chi connectivity index (χ2n) is 5.69. The largest absolute Gasteiger partial charge is 0.333 e. The highest BCUT2D eigenvalue weighted by molar-refractivity contribution is 7.09. The second-order valence-corrected chi connectivity index (χ2v) is 6.62. The van der Waals surface area contributed by atoms with Crippen molar-refractivity contribution in [1.82, 2.24) is 9.88 Å². The molecule has 3 rings (SSSR count). The van der Waals surface area contributed by atoms with Crippen LogP contribution in [0, 0.1) is 0 Å². The average molecular weight is 388 g/mol. The van der Waals surface area contributed by atoms with Crippen LogP contribution in [0.25, 0.3) is 0 Å². The number of likely N-dealkylation sites (tertiary alicyclic amines) is 1. The number of halogens is 2. The third kappa shape index (κ3) is 4.93. The van der Waals surface area contributed by atoms with Gasteiger partial charge in [0.15, 0.2) is 0 Å². The van der Waals surface area contributed by atoms with Crippen molar-refractivity contribution in [2.75, 3.05) is 6.54 Å². The smallest absolute Gasteiger partial charge is 0.225 e. The zero-order valence-electron chi connectivity index (χ0n) is 13.3. The molecule has 0 saturated carbocycles. The van der Waals surface area contributed by atoms with E-state index in [1.54, 1.807) is 11.3 Å². The third-order valence-electron chi connectivity index (χ3n) is 4.18. The van der Waals surface area contributed by atoms with Gasteiger partial charge in [0, 0.05) is 30.6 Å². The Bertz CT molecular complexity index is 610. The number of aromatic nitrogens is 1. The molecule has 7 heteroatoms. The van der Waals surface area contributed by atoms with Gasteiger partial charge < -0.3 is 10.6 Å². The van der Waals surface area contributed by atoms with Gasteiger partial charge in [-0.05, 0) is 24.8 Å². The van der Waals surface area contributed by atoms with Gasteiger partial charge >= 0.3 is 0 Å². The standard InChI is InChI=1S/C17H21N3OS.2ClH/c18-14(13-6-2-1-3-7-13)12-16(21)20-10-5-4-8-15(20)17-19-9-11-22-17;;/h1-3,6-7,9,11,14-15H,4-5,8,10,12,18H2;2*1H. The molecule has 1 aliphatic rings. The van der Waals surface area contributed by atoms with Crippen molar-refractivity contribution in [3.05, 3.63) is 52.5 Å². The molecule has 0 radical (unpaired) electrons. The van der Waals surface area contributed by atoms with E-state index in [1.807, 2.05) is 46.8 Å². The van der Waals surface area contributed by atoms with E-state index in [0.717, 1.165) is 36.4 Å². The molecule has 0 aliphatic carbocycles. The number of hydrogen-bond donors (Lipinski definition) is 1. The zero-order chi connectivity index (χ0) is 15.4. The fraction of sp³-hybridized carbons (Fsp3) is 0.412. The number of nitrogens with zero attached hydrogens (tertiary/aromatic N) is 2. The Morgan fingerprint density at radius 2 is 2.04 bits per heavy atom. The molecule has 2 aromatic rings. The van der Waals surface area contributed by atoms with Crippen LogP contribution in [-0.2, 0) is 4.79 Å². The lowest BCUT2D eigenvalue weighted by Gasteiger charge is -2.35. The van der Waals surface area contributed by atoms with Gasteiger partial charge in [-0.15, -0.1) is 36.2 Å². The Balaban J connectivity index is 0.00000144. The second kappa shape index (κ2) is 9.99. The number of hydrogen-bond acceptors (Lipinski definition) is 4. The van der Waals surface area contributed by atoms with E-state index in [1.165, 1.54) is 0 Å². The number of thiazole rings is 1. The molecule has 0 bridgehead atoms. The van der Waals surface area contributed by atoms with Crippen LogP contribution in [0.2, 0.25) is 0 Å². The van der Waals surface area contributed by atoms with Crippen molar-refractivity contribution in [1.29, 1.82) is 0 Å². The number of rotatable bonds is 4. The normalized spacial score (nSPS) is 18.2. The molecular formula is C17H23Cl2N3OS. The highest BCUT2D eigenvalue weighted by Gasteiger charge is 2.30. The van der Waals surface area contributed by atoms with Crippen molar-refractivity contribution < 1.29 is 4.79 Å². The highest BCUT2D eigenvalue weighted by atomic mass is 35.5. The Kier molecular flexibility index (Phi) is 8.70. The predicted octanol–water partition coefficient (Wildman–Crippen LogP) is 4.13. The van der Waals surface area contributed by atoms with Gasteiger partial charge in [-0.1, -0.05) is 30.3 Å². The first kappa shape index (κ1) is 20.9. The summed E-state index contributed by atoms with van der Waals surface area (Å²) in [5.74, 6) is 0.135. The molecule has 1 aliphatic heterocycles. The molecule has 2 atom stereocenters. The van der Waals surface area contributed by atoms with Crippen molar-refractivity contribution >= 4 is 42.1 Å². The molecular weight excluding hydrogens is 365 g/mol. The van der Waals surface area contributed by atoms with Crippen molar-refractivity contribution in [3.63, 3.8) is 0 Å². The Morgan fingerprint density at radius 3 is 2.71 bits per heavy atom. The van der Waals surface area contributed by atoms with E-state index in [0.29, 0.717) is 6.42 Å². The first-order valence-corrected chi connectivity index (χ1v) is 8.63. The summed E-state index contributed by atoms with van der Waals surface area (Å²) >= 11 is 1.63. The van der Waals surface area contributed by atoms with Gasteiger partial charge in [0.1, 0.15) is 5.01 Å². The molecule has 4 nitrogen and oxygen atoms in total. The Hall–Kier alpha value is -1.14. The number of amides is 1. The summed E-state index contributed by atoms with van der Waals surface area (Å²) in [7, 11) is 0. The predicted molar refractivity (Wildman–Crippen MR) is 103 cm³/mol. The maximum Gasteiger partial charge on any atom is 0.225 e. The van der Waals surface area contributed by atoms with Crippen LogP contribution >= 0.6 is 36.2 Å². The van der Waals surface area contributed by atoms with Crippen molar-refractivity contribution in [2.45, 2.75) is 37.8 Å². The van der Waals surface area contributed by atoms with Gasteiger partial charge in [-0.2, -0.15) is 0 Å². The fourth-order valence-electron chi connectivity index (χ4n) is 3.01. The van der Waals surface area contributed by atoms with Crippen LogP contribution in [0.1, 0.15) is 48.3 Å². The van der Waals surface area contributed by atoms with Gasteiger partial charge in [-0.3, -0.25) is 4.79 Å². The summed E-state index contributed by atoms with van der Waals surface area (Å²) in [6, 6.07) is 9.72. The van der Waals surface area contributed by atoms with Crippen LogP contribution in [0.15, 0.2) is 41.9 Å². The molecule has 1 aromatic heterocycles. The van der Waals surface area contributed by atoms with Gasteiger partial charge in [-0.25, -0.2) is 4.98 Å². The molecule has 2 unspecified atom stereocenters. The van der Waals surface area contributed by atoms with Crippen LogP contribution in [0.3, 0.4) is 0 Å². The number of carbonyl (C=O) groups is 1. The molecule has 24 heavy (non-hydrogen) atoms. The van der Waals surface area contributed by atoms with Crippen LogP contribution in [-0.4, -0.2) is 22.3 Å². The number of carbonyl (C=O) groups excluding carboxylic acids is 1. The summed E-state index contributed by atoms with van der Waals surface area (Å²) in [4.78, 5) is 19.1. The summed E-state index contributed by atoms with van der Waals surface area (Å²) in [6.45, 7) is 0.810. The van der Waals surface area contributed by atoms with Crippen LogP contribution in [0.5, 0.6) is 0 Å². The summed E-state index contributed by atoms with van der Waals surface area (Å²) in [5.41, 5.74) is 7.22. The molecule has 0 spiro atoms. The fourth-order valence-corrected chi connectivity index (χ4v) is 3.79. The minimum absolute atomic E-state index is 0. The SMILES string of the molecule is Cl.Cl.NC(CC(=O)N1CCCCC1c1nccs1)c1ccccc1. The zero-order valence-corrected chi connectivity index (χ0v) is 15.8. The summed E-state index contributed by atoms with van der Waals surface area (Å²) < 4.78 is 0. The van der Waals surface area contributed by atoms with E-state index < -0.39 is 0 Å². The minimum atomic E-state index is -0.243. The number of piperidine rings is 1. The molecule has 2 N–H and O–H groups in total. The van der Waals surface area contributed by atoms with Gasteiger partial charge in [0.05, 0.1) is 6.04 Å². The minimum Gasteiger partial charge on any atom is -0.333 e. The lowest BCUT2D eigenvalue weighted by molar-refractivity contribution is -0.135. The molecule has 132 valence electrons. The van der Waals surface area contributed by atoms with E-state index in [2.05, 4.69) is 4.98 Å². The van der Waals surface area contributed by atoms with Crippen LogP contribution < -0.4 is 5.73 Å². The molecule has 2 heterocycles. The summed E-state index contributed by atoms with van der Waals surface area (Å²) in [6.07, 6.45) is 5.38. The molecule has 1 saturated heterocycles. The Morgan fingerprint density at radius 1 is 1.29 bits per heavy atom. The lowest BCUT2D eigenvalue weighted by Crippen LogP contribution is -2.39. The van der Waals surface area contributed by atoms with Crippen molar-refractivity contribution in [3.8, 4) is 0 Å². The van der Waals surface area contributed by atoms with Gasteiger partial charge in [0.25, 0.3) is 0 Å². The van der Waals surface area contributed by atoms with E-state index in [-0.39, 0.29) is 42.8 Å². The number of nitrogens with two attached hydrogens (primary N) is 1. The molecule has 1 aromatic carbocycles. The molecule has 1 amide bonds. The highest BCUT2D eigenvalue weighted by Crippen LogP contribution is 2.33. The first-order valence-electron chi connectivity index (χ1n) is 7.75. The summed E-state index contributed by atoms with van der Waals surface area (Å²) in [5, 5.41) is 3.02. The van der Waals surface area contributed by atoms with Crippen molar-refractivity contribution in [2.24, 2.45) is 5.73 Å². The quantitative estimate of drug-likeness (QED) is 0.857. The third-order valence-corrected chi connectivity index (χ3v) is 5.06. The average Bonchev–Trinajstić information content (AvgIpc) is 3.10.